The van der Waals surface area contributed by atoms with Gasteiger partial charge in [0.25, 0.3) is 0 Å². The first-order valence-corrected chi connectivity index (χ1v) is 8.58. The van der Waals surface area contributed by atoms with Gasteiger partial charge in [0.2, 0.25) is 5.13 Å². The van der Waals surface area contributed by atoms with Gasteiger partial charge in [0, 0.05) is 13.6 Å². The van der Waals surface area contributed by atoms with E-state index in [1.165, 1.54) is 11.3 Å². The molecule has 1 aromatic carbocycles. The zero-order valence-electron chi connectivity index (χ0n) is 13.9. The Morgan fingerprint density at radius 3 is 2.96 bits per heavy atom. The van der Waals surface area contributed by atoms with Crippen LogP contribution in [0.1, 0.15) is 12.5 Å². The van der Waals surface area contributed by atoms with Crippen molar-refractivity contribution in [2.45, 2.75) is 13.5 Å². The first kappa shape index (κ1) is 17.0. The van der Waals surface area contributed by atoms with E-state index in [4.69, 9.17) is 9.15 Å². The summed E-state index contributed by atoms with van der Waals surface area (Å²) in [7, 11) is 1.72. The summed E-state index contributed by atoms with van der Waals surface area (Å²) in [6.45, 7) is 3.00. The molecule has 0 saturated heterocycles. The van der Waals surface area contributed by atoms with Crippen LogP contribution in [-0.4, -0.2) is 34.8 Å². The molecule has 0 atom stereocenters. The number of rotatable bonds is 6. The Morgan fingerprint density at radius 1 is 1.32 bits per heavy atom. The van der Waals surface area contributed by atoms with Crippen LogP contribution in [0.3, 0.4) is 0 Å². The molecule has 0 unspecified atom stereocenters. The van der Waals surface area contributed by atoms with Crippen molar-refractivity contribution >= 4 is 22.5 Å². The Bertz CT molecular complexity index is 832. The summed E-state index contributed by atoms with van der Waals surface area (Å²) in [5.41, 5.74) is 0.983. The van der Waals surface area contributed by atoms with Gasteiger partial charge >= 0.3 is 6.03 Å². The van der Waals surface area contributed by atoms with Crippen molar-refractivity contribution in [1.29, 1.82) is 0 Å². The van der Waals surface area contributed by atoms with Gasteiger partial charge in [-0.25, -0.2) is 4.79 Å². The quantitative estimate of drug-likeness (QED) is 0.724. The number of hydrogen-bond acceptors (Lipinski definition) is 6. The van der Waals surface area contributed by atoms with E-state index in [0.29, 0.717) is 29.1 Å². The molecule has 0 aliphatic heterocycles. The molecule has 2 heterocycles. The van der Waals surface area contributed by atoms with Crippen molar-refractivity contribution in [3.05, 3.63) is 48.2 Å². The standard InChI is InChI=1S/C17H18N4O3S/c1-3-23-13-7-4-6-12(10-13)11-21(2)17(22)18-16-20-19-15(25-16)14-8-5-9-24-14/h4-10H,3,11H2,1-2H3,(H,18,20,22). The number of aromatic nitrogens is 2. The highest BCUT2D eigenvalue weighted by Crippen LogP contribution is 2.26. The number of amides is 2. The van der Waals surface area contributed by atoms with E-state index >= 15 is 0 Å². The van der Waals surface area contributed by atoms with Gasteiger partial charge < -0.3 is 14.1 Å². The van der Waals surface area contributed by atoms with E-state index in [1.807, 2.05) is 31.2 Å². The molecule has 0 bridgehead atoms. The first-order valence-electron chi connectivity index (χ1n) is 7.77. The minimum atomic E-state index is -0.260. The molecule has 25 heavy (non-hydrogen) atoms. The van der Waals surface area contributed by atoms with Crippen LogP contribution in [0.15, 0.2) is 47.1 Å². The van der Waals surface area contributed by atoms with Crippen LogP contribution in [0.2, 0.25) is 0 Å². The summed E-state index contributed by atoms with van der Waals surface area (Å²) in [6.07, 6.45) is 1.57. The van der Waals surface area contributed by atoms with Crippen LogP contribution in [0.4, 0.5) is 9.93 Å². The number of furan rings is 1. The minimum absolute atomic E-state index is 0.260. The topological polar surface area (TPSA) is 80.5 Å². The summed E-state index contributed by atoms with van der Waals surface area (Å²) in [6, 6.07) is 11.0. The lowest BCUT2D eigenvalue weighted by atomic mass is 10.2. The summed E-state index contributed by atoms with van der Waals surface area (Å²) in [4.78, 5) is 13.9. The summed E-state index contributed by atoms with van der Waals surface area (Å²) in [5, 5.41) is 11.8. The van der Waals surface area contributed by atoms with Crippen molar-refractivity contribution in [2.75, 3.05) is 19.0 Å². The SMILES string of the molecule is CCOc1cccc(CN(C)C(=O)Nc2nnc(-c3ccco3)s2)c1. The molecule has 0 aliphatic carbocycles. The Hall–Kier alpha value is -2.87. The lowest BCUT2D eigenvalue weighted by Crippen LogP contribution is -2.30. The van der Waals surface area contributed by atoms with E-state index in [9.17, 15) is 4.79 Å². The molecule has 3 rings (SSSR count). The molecule has 0 aliphatic rings. The molecule has 2 aromatic heterocycles. The van der Waals surface area contributed by atoms with E-state index in [1.54, 1.807) is 30.3 Å². The Kier molecular flexibility index (Phi) is 5.30. The maximum atomic E-state index is 12.3. The Labute approximate surface area is 149 Å². The summed E-state index contributed by atoms with van der Waals surface area (Å²) < 4.78 is 10.7. The number of urea groups is 1. The number of ether oxygens (including phenoxy) is 1. The van der Waals surface area contributed by atoms with E-state index < -0.39 is 0 Å². The molecule has 130 valence electrons. The second-order valence-corrected chi connectivity index (χ2v) is 6.23. The normalized spacial score (nSPS) is 10.5. The average molecular weight is 358 g/mol. The highest BCUT2D eigenvalue weighted by molar-refractivity contribution is 7.18. The van der Waals surface area contributed by atoms with E-state index in [2.05, 4.69) is 15.5 Å². The second-order valence-electron chi connectivity index (χ2n) is 5.26. The van der Waals surface area contributed by atoms with Crippen LogP contribution >= 0.6 is 11.3 Å². The fraction of sp³-hybridized carbons (Fsp3) is 0.235. The number of nitrogens with zero attached hydrogens (tertiary/aromatic N) is 3. The smallest absolute Gasteiger partial charge is 0.323 e. The highest BCUT2D eigenvalue weighted by Gasteiger charge is 2.14. The largest absolute Gasteiger partial charge is 0.494 e. The van der Waals surface area contributed by atoms with Crippen molar-refractivity contribution < 1.29 is 13.9 Å². The Balaban J connectivity index is 1.60. The zero-order chi connectivity index (χ0) is 17.6. The van der Waals surface area contributed by atoms with Crippen LogP contribution in [-0.2, 0) is 6.54 Å². The van der Waals surface area contributed by atoms with Crippen LogP contribution in [0.5, 0.6) is 5.75 Å². The lowest BCUT2D eigenvalue weighted by molar-refractivity contribution is 0.220. The summed E-state index contributed by atoms with van der Waals surface area (Å²) in [5.74, 6) is 1.42. The molecular weight excluding hydrogens is 340 g/mol. The molecule has 0 radical (unpaired) electrons. The van der Waals surface area contributed by atoms with Gasteiger partial charge in [-0.05, 0) is 36.8 Å². The third kappa shape index (κ3) is 4.36. The van der Waals surface area contributed by atoms with Crippen molar-refractivity contribution in [3.8, 4) is 16.5 Å². The third-order valence-corrected chi connectivity index (χ3v) is 4.20. The van der Waals surface area contributed by atoms with Crippen LogP contribution in [0.25, 0.3) is 10.8 Å². The van der Waals surface area contributed by atoms with Crippen molar-refractivity contribution in [1.82, 2.24) is 15.1 Å². The number of carbonyl (C=O) groups is 1. The maximum Gasteiger partial charge on any atom is 0.323 e. The van der Waals surface area contributed by atoms with Gasteiger partial charge in [0.05, 0.1) is 12.9 Å². The third-order valence-electron chi connectivity index (χ3n) is 3.35. The second kappa shape index (κ2) is 7.80. The lowest BCUT2D eigenvalue weighted by Gasteiger charge is -2.17. The van der Waals surface area contributed by atoms with E-state index in [-0.39, 0.29) is 6.03 Å². The van der Waals surface area contributed by atoms with Gasteiger partial charge in [-0.15, -0.1) is 10.2 Å². The van der Waals surface area contributed by atoms with Crippen molar-refractivity contribution in [3.63, 3.8) is 0 Å². The van der Waals surface area contributed by atoms with Gasteiger partial charge in [-0.1, -0.05) is 23.5 Å². The number of nitrogens with one attached hydrogen (secondary N) is 1. The number of hydrogen-bond donors (Lipinski definition) is 1. The van der Waals surface area contributed by atoms with Gasteiger partial charge in [-0.2, -0.15) is 0 Å². The molecule has 0 fully saturated rings. The van der Waals surface area contributed by atoms with Gasteiger partial charge in [-0.3, -0.25) is 5.32 Å². The molecule has 1 N–H and O–H groups in total. The predicted octanol–water partition coefficient (Wildman–Crippen LogP) is 3.86. The zero-order valence-corrected chi connectivity index (χ0v) is 14.7. The van der Waals surface area contributed by atoms with Crippen LogP contribution < -0.4 is 10.1 Å². The van der Waals surface area contributed by atoms with Gasteiger partial charge in [0.15, 0.2) is 10.8 Å². The molecule has 0 spiro atoms. The Morgan fingerprint density at radius 2 is 2.20 bits per heavy atom. The highest BCUT2D eigenvalue weighted by atomic mass is 32.1. The fourth-order valence-electron chi connectivity index (χ4n) is 2.21. The molecule has 7 nitrogen and oxygen atoms in total. The predicted molar refractivity (Wildman–Crippen MR) is 95.7 cm³/mol. The average Bonchev–Trinajstić information content (AvgIpc) is 3.26. The molecular formula is C17H18N4O3S. The first-order chi connectivity index (χ1) is 12.2. The van der Waals surface area contributed by atoms with Crippen molar-refractivity contribution in [2.24, 2.45) is 0 Å². The van der Waals surface area contributed by atoms with E-state index in [0.717, 1.165) is 11.3 Å². The van der Waals surface area contributed by atoms with Gasteiger partial charge in [0.1, 0.15) is 5.75 Å². The maximum absolute atomic E-state index is 12.3. The van der Waals surface area contributed by atoms with Crippen LogP contribution in [0, 0.1) is 0 Å². The monoisotopic (exact) mass is 358 g/mol. The fourth-order valence-corrected chi connectivity index (χ4v) is 2.91. The number of carbonyl (C=O) groups excluding carboxylic acids is 1. The number of anilines is 1. The molecule has 0 saturated carbocycles. The molecule has 3 aromatic rings. The molecule has 2 amide bonds. The molecule has 8 heteroatoms. The minimum Gasteiger partial charge on any atom is -0.494 e. The summed E-state index contributed by atoms with van der Waals surface area (Å²) >= 11 is 1.26. The number of benzene rings is 1.